The first-order valence-electron chi connectivity index (χ1n) is 5.09. The molecule has 0 saturated carbocycles. The van der Waals surface area contributed by atoms with Gasteiger partial charge in [0.1, 0.15) is 5.58 Å². The first-order chi connectivity index (χ1) is 8.63. The Morgan fingerprint density at radius 1 is 1.39 bits per heavy atom. The third-order valence-corrected chi connectivity index (χ3v) is 2.46. The number of carbonyl (C=O) groups excluding carboxylic acids is 1. The summed E-state index contributed by atoms with van der Waals surface area (Å²) in [5.74, 6) is -1.33. The lowest BCUT2D eigenvalue weighted by Gasteiger charge is -2.10. The van der Waals surface area contributed by atoms with E-state index < -0.39 is 17.6 Å². The fourth-order valence-corrected chi connectivity index (χ4v) is 1.64. The number of fused-ring (bicyclic) bond motifs is 1. The van der Waals surface area contributed by atoms with Crippen molar-refractivity contribution in [2.75, 3.05) is 0 Å². The smallest absolute Gasteiger partial charge is 0.342 e. The lowest BCUT2D eigenvalue weighted by Crippen LogP contribution is -2.31. The van der Waals surface area contributed by atoms with Gasteiger partial charge in [-0.2, -0.15) is 0 Å². The van der Waals surface area contributed by atoms with Crippen molar-refractivity contribution in [3.05, 3.63) is 46.3 Å². The molecule has 0 aliphatic rings. The van der Waals surface area contributed by atoms with Gasteiger partial charge in [0.25, 0.3) is 0 Å². The van der Waals surface area contributed by atoms with Crippen molar-refractivity contribution in [2.24, 2.45) is 0 Å². The molecule has 92 valence electrons. The van der Waals surface area contributed by atoms with Gasteiger partial charge in [0, 0.05) is 5.39 Å². The van der Waals surface area contributed by atoms with E-state index in [0.717, 1.165) is 0 Å². The number of carbonyl (C=O) groups is 2. The Hall–Kier alpha value is -2.63. The molecular formula is C12H9NO5. The number of carboxylic acid groups (broad SMARTS) is 1. The number of rotatable bonds is 4. The molecule has 1 amide bonds. The summed E-state index contributed by atoms with van der Waals surface area (Å²) in [5.41, 5.74) is -0.537. The van der Waals surface area contributed by atoms with Crippen LogP contribution in [0.2, 0.25) is 0 Å². The van der Waals surface area contributed by atoms with E-state index in [2.05, 4.69) is 5.32 Å². The zero-order valence-electron chi connectivity index (χ0n) is 9.12. The lowest BCUT2D eigenvalue weighted by molar-refractivity contribution is -0.140. The van der Waals surface area contributed by atoms with Crippen molar-refractivity contribution < 1.29 is 19.1 Å². The van der Waals surface area contributed by atoms with Gasteiger partial charge >= 0.3 is 11.6 Å². The Labute approximate surface area is 101 Å². The Morgan fingerprint density at radius 2 is 2.11 bits per heavy atom. The number of benzene rings is 1. The van der Waals surface area contributed by atoms with Crippen molar-refractivity contribution >= 4 is 23.3 Å². The number of nitrogens with one attached hydrogen (secondary N) is 1. The number of carboxylic acids is 1. The fraction of sp³-hybridized carbons (Fsp3) is 0.0833. The van der Waals surface area contributed by atoms with E-state index in [4.69, 9.17) is 9.52 Å². The minimum Gasteiger partial charge on any atom is -0.479 e. The molecule has 1 aromatic carbocycles. The van der Waals surface area contributed by atoms with Gasteiger partial charge in [0.05, 0.1) is 5.56 Å². The quantitative estimate of drug-likeness (QED) is 0.611. The van der Waals surface area contributed by atoms with E-state index in [1.807, 2.05) is 0 Å². The lowest BCUT2D eigenvalue weighted by atomic mass is 10.1. The van der Waals surface area contributed by atoms with Gasteiger partial charge in [0.2, 0.25) is 6.41 Å². The van der Waals surface area contributed by atoms with Crippen molar-refractivity contribution in [1.82, 2.24) is 5.32 Å². The maximum atomic E-state index is 11.7. The molecule has 0 spiro atoms. The molecule has 0 aliphatic carbocycles. The van der Waals surface area contributed by atoms with Gasteiger partial charge in [0.15, 0.2) is 6.04 Å². The first kappa shape index (κ1) is 11.8. The summed E-state index contributed by atoms with van der Waals surface area (Å²) in [4.78, 5) is 33.0. The van der Waals surface area contributed by atoms with Gasteiger partial charge in [-0.15, -0.1) is 0 Å². The van der Waals surface area contributed by atoms with Crippen LogP contribution < -0.4 is 10.9 Å². The van der Waals surface area contributed by atoms with E-state index in [9.17, 15) is 14.4 Å². The zero-order valence-corrected chi connectivity index (χ0v) is 9.12. The predicted octanol–water partition coefficient (Wildman–Crippen LogP) is 0.665. The van der Waals surface area contributed by atoms with Crippen LogP contribution in [0.3, 0.4) is 0 Å². The standard InChI is InChI=1S/C12H9NO5/c14-6-13-10(11(15)16)8-5-7-3-1-2-4-9(7)18-12(8)17/h1-6,10H,(H,13,14)(H,15,16). The van der Waals surface area contributed by atoms with Crippen molar-refractivity contribution in [2.45, 2.75) is 6.04 Å². The van der Waals surface area contributed by atoms with Gasteiger partial charge in [-0.05, 0) is 12.1 Å². The number of amides is 1. The number of para-hydroxylation sites is 1. The van der Waals surface area contributed by atoms with Crippen LogP contribution in [0.1, 0.15) is 11.6 Å². The van der Waals surface area contributed by atoms with Crippen LogP contribution in [-0.2, 0) is 9.59 Å². The highest BCUT2D eigenvalue weighted by Gasteiger charge is 2.23. The van der Waals surface area contributed by atoms with Crippen LogP contribution in [0.5, 0.6) is 0 Å². The van der Waals surface area contributed by atoms with Crippen molar-refractivity contribution in [3.8, 4) is 0 Å². The highest BCUT2D eigenvalue weighted by molar-refractivity contribution is 5.81. The maximum Gasteiger partial charge on any atom is 0.342 e. The molecule has 0 aliphatic heterocycles. The molecule has 2 rings (SSSR count). The summed E-state index contributed by atoms with van der Waals surface area (Å²) < 4.78 is 5.00. The van der Waals surface area contributed by atoms with Crippen molar-refractivity contribution in [3.63, 3.8) is 0 Å². The molecule has 18 heavy (non-hydrogen) atoms. The van der Waals surface area contributed by atoms with Gasteiger partial charge in [-0.3, -0.25) is 4.79 Å². The molecule has 0 bridgehead atoms. The minimum atomic E-state index is -1.41. The summed E-state index contributed by atoms with van der Waals surface area (Å²) >= 11 is 0. The number of hydrogen-bond donors (Lipinski definition) is 2. The van der Waals surface area contributed by atoms with Crippen LogP contribution in [-0.4, -0.2) is 17.5 Å². The summed E-state index contributed by atoms with van der Waals surface area (Å²) in [6, 6.07) is 6.70. The highest BCUT2D eigenvalue weighted by Crippen LogP contribution is 2.16. The highest BCUT2D eigenvalue weighted by atomic mass is 16.4. The monoisotopic (exact) mass is 247 g/mol. The third-order valence-electron chi connectivity index (χ3n) is 2.46. The Kier molecular flexibility index (Phi) is 3.09. The summed E-state index contributed by atoms with van der Waals surface area (Å²) in [6.45, 7) is 0. The number of hydrogen-bond acceptors (Lipinski definition) is 4. The topological polar surface area (TPSA) is 96.6 Å². The van der Waals surface area contributed by atoms with Crippen LogP contribution in [0.25, 0.3) is 11.0 Å². The maximum absolute atomic E-state index is 11.7. The first-order valence-corrected chi connectivity index (χ1v) is 5.09. The van der Waals surface area contributed by atoms with Crippen molar-refractivity contribution in [1.29, 1.82) is 0 Å². The van der Waals surface area contributed by atoms with Gasteiger partial charge in [-0.1, -0.05) is 18.2 Å². The van der Waals surface area contributed by atoms with Gasteiger partial charge in [-0.25, -0.2) is 9.59 Å². The van der Waals surface area contributed by atoms with E-state index >= 15 is 0 Å². The molecule has 1 aromatic heterocycles. The average Bonchev–Trinajstić information content (AvgIpc) is 2.35. The molecule has 1 unspecified atom stereocenters. The van der Waals surface area contributed by atoms with Crippen LogP contribution in [0, 0.1) is 0 Å². The summed E-state index contributed by atoms with van der Waals surface area (Å²) in [5, 5.41) is 11.6. The molecule has 0 saturated heterocycles. The fourth-order valence-electron chi connectivity index (χ4n) is 1.64. The largest absolute Gasteiger partial charge is 0.479 e. The molecular weight excluding hydrogens is 238 g/mol. The molecule has 1 atom stereocenters. The Balaban J connectivity index is 2.62. The SMILES string of the molecule is O=CNC(C(=O)O)c1cc2ccccc2oc1=O. The van der Waals surface area contributed by atoms with Crippen LogP contribution >= 0.6 is 0 Å². The molecule has 0 fully saturated rings. The second-order valence-corrected chi connectivity index (χ2v) is 3.58. The Morgan fingerprint density at radius 3 is 2.78 bits per heavy atom. The van der Waals surface area contributed by atoms with E-state index in [-0.39, 0.29) is 12.0 Å². The van der Waals surface area contributed by atoms with E-state index in [0.29, 0.717) is 11.0 Å². The third kappa shape index (κ3) is 2.08. The molecule has 2 aromatic rings. The molecule has 1 heterocycles. The van der Waals surface area contributed by atoms with Crippen LogP contribution in [0.15, 0.2) is 39.5 Å². The average molecular weight is 247 g/mol. The second-order valence-electron chi connectivity index (χ2n) is 3.58. The van der Waals surface area contributed by atoms with Gasteiger partial charge < -0.3 is 14.8 Å². The predicted molar refractivity (Wildman–Crippen MR) is 62.1 cm³/mol. The minimum absolute atomic E-state index is 0.117. The van der Waals surface area contributed by atoms with E-state index in [1.54, 1.807) is 24.3 Å². The second kappa shape index (κ2) is 4.70. The molecule has 2 N–H and O–H groups in total. The van der Waals surface area contributed by atoms with Crippen LogP contribution in [0.4, 0.5) is 0 Å². The molecule has 6 nitrogen and oxygen atoms in total. The summed E-state index contributed by atoms with van der Waals surface area (Å²) in [7, 11) is 0. The summed E-state index contributed by atoms with van der Waals surface area (Å²) in [6.07, 6.45) is 0.230. The Bertz CT molecular complexity index is 661. The zero-order chi connectivity index (χ0) is 13.1. The molecule has 6 heteroatoms. The number of aliphatic carboxylic acids is 1. The normalized spacial score (nSPS) is 12.0. The molecule has 0 radical (unpaired) electrons. The van der Waals surface area contributed by atoms with E-state index in [1.165, 1.54) is 6.07 Å².